The molecule has 1 amide bonds. The quantitative estimate of drug-likeness (QED) is 0.531. The number of nitrogens with zero attached hydrogens (tertiary/aromatic N) is 1. The first-order valence-electron chi connectivity index (χ1n) is 10.7. The third kappa shape index (κ3) is 4.24. The fourth-order valence-electron chi connectivity index (χ4n) is 4.06. The number of phenolic OH excluding ortho intramolecular Hbond substituents is 1. The number of phenols is 1. The van der Waals surface area contributed by atoms with Crippen molar-refractivity contribution in [3.05, 3.63) is 81.6 Å². The Morgan fingerprint density at radius 2 is 2.00 bits per heavy atom. The second-order valence-corrected chi connectivity index (χ2v) is 7.84. The van der Waals surface area contributed by atoms with Gasteiger partial charge in [-0.1, -0.05) is 37.3 Å². The van der Waals surface area contributed by atoms with Crippen LogP contribution in [0.15, 0.2) is 59.5 Å². The van der Waals surface area contributed by atoms with Crippen molar-refractivity contribution in [2.24, 2.45) is 0 Å². The van der Waals surface area contributed by atoms with Crippen molar-refractivity contribution in [3.8, 4) is 22.8 Å². The van der Waals surface area contributed by atoms with Crippen LogP contribution < -0.4 is 15.5 Å². The average Bonchev–Trinajstić information content (AvgIpc) is 2.81. The molecule has 1 aliphatic heterocycles. The molecule has 0 aliphatic carbocycles. The predicted molar refractivity (Wildman–Crippen MR) is 121 cm³/mol. The molecular weight excluding hydrogens is 408 g/mol. The summed E-state index contributed by atoms with van der Waals surface area (Å²) in [5.74, 6) is -0.107. The number of ether oxygens (including phenoxy) is 1. The Hall–Kier alpha value is -3.58. The van der Waals surface area contributed by atoms with Gasteiger partial charge < -0.3 is 24.8 Å². The van der Waals surface area contributed by atoms with Crippen LogP contribution in [0.5, 0.6) is 11.5 Å². The van der Waals surface area contributed by atoms with Crippen LogP contribution in [0.3, 0.4) is 0 Å². The molecule has 1 aromatic heterocycles. The second-order valence-electron chi connectivity index (χ2n) is 7.84. The van der Waals surface area contributed by atoms with E-state index in [4.69, 9.17) is 9.84 Å². The van der Waals surface area contributed by atoms with E-state index in [1.807, 2.05) is 41.0 Å². The minimum Gasteiger partial charge on any atom is -0.504 e. The van der Waals surface area contributed by atoms with Crippen LogP contribution in [-0.2, 0) is 13.0 Å². The van der Waals surface area contributed by atoms with Gasteiger partial charge in [0.15, 0.2) is 16.9 Å². The molecule has 7 nitrogen and oxygen atoms in total. The van der Waals surface area contributed by atoms with Crippen molar-refractivity contribution in [1.82, 2.24) is 9.88 Å². The molecule has 0 saturated heterocycles. The molecule has 1 atom stereocenters. The first-order valence-corrected chi connectivity index (χ1v) is 10.7. The molecular formula is C25H26N2O5. The Balaban J connectivity index is 1.70. The third-order valence-electron chi connectivity index (χ3n) is 5.74. The zero-order valence-electron chi connectivity index (χ0n) is 17.9. The molecule has 0 radical (unpaired) electrons. The monoisotopic (exact) mass is 434 g/mol. The van der Waals surface area contributed by atoms with E-state index in [0.717, 1.165) is 23.1 Å². The number of nitrogens with one attached hydrogen (secondary N) is 1. The molecule has 0 saturated carbocycles. The third-order valence-corrected chi connectivity index (χ3v) is 5.74. The number of aromatic hydroxyl groups is 1. The Bertz CT molecular complexity index is 1190. The molecule has 166 valence electrons. The molecule has 7 heteroatoms. The molecule has 4 rings (SSSR count). The smallest absolute Gasteiger partial charge is 0.256 e. The van der Waals surface area contributed by atoms with Gasteiger partial charge in [0, 0.05) is 30.4 Å². The number of aliphatic hydroxyl groups excluding tert-OH is 1. The Labute approximate surface area is 185 Å². The summed E-state index contributed by atoms with van der Waals surface area (Å²) < 4.78 is 7.80. The highest BCUT2D eigenvalue weighted by atomic mass is 16.5. The van der Waals surface area contributed by atoms with Crippen LogP contribution in [0, 0.1) is 0 Å². The number of aromatic nitrogens is 1. The van der Waals surface area contributed by atoms with Gasteiger partial charge in [0.2, 0.25) is 0 Å². The van der Waals surface area contributed by atoms with Gasteiger partial charge in [0.25, 0.3) is 5.91 Å². The highest BCUT2D eigenvalue weighted by Gasteiger charge is 2.26. The molecule has 1 aliphatic rings. The number of hydrogen-bond donors (Lipinski definition) is 3. The van der Waals surface area contributed by atoms with E-state index in [2.05, 4.69) is 12.2 Å². The van der Waals surface area contributed by atoms with Crippen molar-refractivity contribution in [3.63, 3.8) is 0 Å². The predicted octanol–water partition coefficient (Wildman–Crippen LogP) is 3.03. The summed E-state index contributed by atoms with van der Waals surface area (Å²) >= 11 is 0. The maximum atomic E-state index is 12.7. The number of carbonyl (C=O) groups is 1. The van der Waals surface area contributed by atoms with Crippen LogP contribution in [0.25, 0.3) is 11.3 Å². The largest absolute Gasteiger partial charge is 0.504 e. The van der Waals surface area contributed by atoms with Crippen LogP contribution in [0.1, 0.15) is 40.9 Å². The van der Waals surface area contributed by atoms with Gasteiger partial charge in [0.05, 0.1) is 12.3 Å². The first kappa shape index (κ1) is 21.6. The van der Waals surface area contributed by atoms with Gasteiger partial charge in [-0.05, 0) is 36.1 Å². The van der Waals surface area contributed by atoms with Crippen LogP contribution in [0.4, 0.5) is 0 Å². The minimum absolute atomic E-state index is 0.00149. The molecule has 0 fully saturated rings. The average molecular weight is 434 g/mol. The van der Waals surface area contributed by atoms with Gasteiger partial charge >= 0.3 is 0 Å². The summed E-state index contributed by atoms with van der Waals surface area (Å²) in [4.78, 5) is 25.0. The number of pyridine rings is 1. The van der Waals surface area contributed by atoms with Gasteiger partial charge in [-0.2, -0.15) is 0 Å². The Morgan fingerprint density at radius 3 is 2.72 bits per heavy atom. The van der Waals surface area contributed by atoms with Gasteiger partial charge in [-0.3, -0.25) is 9.59 Å². The van der Waals surface area contributed by atoms with E-state index in [0.29, 0.717) is 24.5 Å². The standard InChI is InChI=1S/C25H26N2O5/c1-2-18-10-17-11-24(32-15-16-6-4-3-5-7-16)23(30)12-19(17)21-13-22(29)20(14-27(18)21)25(31)26-8-9-28/h3-7,11-14,18,28,30H,2,8-10,15H2,1H3,(H,26,31). The SMILES string of the molecule is CCC1Cc2cc(OCc3ccccc3)c(O)cc2-c2cc(=O)c(C(=O)NCCO)cn21. The van der Waals surface area contributed by atoms with Crippen LogP contribution >= 0.6 is 0 Å². The number of hydrogen-bond acceptors (Lipinski definition) is 5. The van der Waals surface area contributed by atoms with Crippen molar-refractivity contribution < 1.29 is 19.7 Å². The Kier molecular flexibility index (Phi) is 6.28. The van der Waals surface area contributed by atoms with E-state index < -0.39 is 11.3 Å². The number of benzene rings is 2. The highest BCUT2D eigenvalue weighted by molar-refractivity contribution is 5.94. The van der Waals surface area contributed by atoms with Crippen molar-refractivity contribution in [1.29, 1.82) is 0 Å². The van der Waals surface area contributed by atoms with Crippen LogP contribution in [0.2, 0.25) is 0 Å². The van der Waals surface area contributed by atoms with Crippen molar-refractivity contribution in [2.75, 3.05) is 13.2 Å². The molecule has 32 heavy (non-hydrogen) atoms. The normalized spacial score (nSPS) is 14.4. The lowest BCUT2D eigenvalue weighted by Gasteiger charge is -2.31. The summed E-state index contributed by atoms with van der Waals surface area (Å²) in [5.41, 5.74) is 3.02. The van der Waals surface area contributed by atoms with E-state index in [1.54, 1.807) is 12.3 Å². The molecule has 1 unspecified atom stereocenters. The lowest BCUT2D eigenvalue weighted by atomic mass is 9.90. The number of rotatable bonds is 7. The molecule has 2 heterocycles. The summed E-state index contributed by atoms with van der Waals surface area (Å²) in [7, 11) is 0. The topological polar surface area (TPSA) is 101 Å². The maximum Gasteiger partial charge on any atom is 0.256 e. The lowest BCUT2D eigenvalue weighted by Crippen LogP contribution is -2.32. The van der Waals surface area contributed by atoms with E-state index >= 15 is 0 Å². The summed E-state index contributed by atoms with van der Waals surface area (Å²) in [6.45, 7) is 2.28. The molecule has 0 bridgehead atoms. The first-order chi connectivity index (χ1) is 15.5. The van der Waals surface area contributed by atoms with Crippen molar-refractivity contribution >= 4 is 5.91 Å². The van der Waals surface area contributed by atoms with Gasteiger partial charge in [-0.25, -0.2) is 0 Å². The zero-order valence-corrected chi connectivity index (χ0v) is 17.9. The highest BCUT2D eigenvalue weighted by Crippen LogP contribution is 2.41. The van der Waals surface area contributed by atoms with E-state index in [9.17, 15) is 14.7 Å². The second kappa shape index (κ2) is 9.28. The number of amides is 1. The summed E-state index contributed by atoms with van der Waals surface area (Å²) in [6, 6.07) is 14.7. The summed E-state index contributed by atoms with van der Waals surface area (Å²) in [6.07, 6.45) is 3.06. The molecule has 0 spiro atoms. The fourth-order valence-corrected chi connectivity index (χ4v) is 4.06. The molecule has 3 aromatic rings. The van der Waals surface area contributed by atoms with Gasteiger partial charge in [0.1, 0.15) is 12.2 Å². The van der Waals surface area contributed by atoms with Crippen LogP contribution in [-0.4, -0.2) is 33.8 Å². The minimum atomic E-state index is -0.507. The number of fused-ring (bicyclic) bond motifs is 3. The maximum absolute atomic E-state index is 12.7. The lowest BCUT2D eigenvalue weighted by molar-refractivity contribution is 0.0942. The van der Waals surface area contributed by atoms with Crippen molar-refractivity contribution in [2.45, 2.75) is 32.4 Å². The molecule has 3 N–H and O–H groups in total. The fraction of sp³-hybridized carbons (Fsp3) is 0.280. The Morgan fingerprint density at radius 1 is 1.22 bits per heavy atom. The van der Waals surface area contributed by atoms with E-state index in [1.165, 1.54) is 6.07 Å². The zero-order chi connectivity index (χ0) is 22.7. The molecule has 2 aromatic carbocycles. The van der Waals surface area contributed by atoms with E-state index in [-0.39, 0.29) is 30.5 Å². The number of carbonyl (C=O) groups excluding carboxylic acids is 1. The van der Waals surface area contributed by atoms with Gasteiger partial charge in [-0.15, -0.1) is 0 Å². The summed E-state index contributed by atoms with van der Waals surface area (Å²) in [5, 5.41) is 22.1. The number of aliphatic hydroxyl groups is 1.